The fourth-order valence-corrected chi connectivity index (χ4v) is 5.22. The number of hydrogen-bond donors (Lipinski definition) is 2. The molecule has 2 N–H and O–H groups in total. The second-order valence-electron chi connectivity index (χ2n) is 7.52. The molecule has 1 aliphatic rings. The number of aromatic nitrogens is 1. The Kier molecular flexibility index (Phi) is 5.81. The van der Waals surface area contributed by atoms with Gasteiger partial charge in [0.1, 0.15) is 0 Å². The van der Waals surface area contributed by atoms with E-state index in [0.29, 0.717) is 24.0 Å². The van der Waals surface area contributed by atoms with E-state index in [1.165, 1.54) is 39.2 Å². The molecule has 0 spiro atoms. The number of hydrogen-bond acceptors (Lipinski definition) is 5. The second kappa shape index (κ2) is 8.56. The summed E-state index contributed by atoms with van der Waals surface area (Å²) in [7, 11) is -1.96. The zero-order valence-electron chi connectivity index (χ0n) is 17.4. The first-order valence-corrected chi connectivity index (χ1v) is 11.5. The fourth-order valence-electron chi connectivity index (χ4n) is 3.71. The van der Waals surface area contributed by atoms with Crippen molar-refractivity contribution in [2.24, 2.45) is 7.05 Å². The highest BCUT2D eigenvalue weighted by Crippen LogP contribution is 2.21. The number of rotatable bonds is 4. The first-order valence-electron chi connectivity index (χ1n) is 10.1. The van der Waals surface area contributed by atoms with Gasteiger partial charge in [0, 0.05) is 37.2 Å². The molecule has 0 unspecified atom stereocenters. The smallest absolute Gasteiger partial charge is 0.270 e. The molecule has 9 nitrogen and oxygen atoms in total. The second-order valence-corrected chi connectivity index (χ2v) is 9.45. The molecule has 0 radical (unpaired) electrons. The lowest BCUT2D eigenvalue weighted by Crippen LogP contribution is -2.42. The highest BCUT2D eigenvalue weighted by Gasteiger charge is 2.27. The van der Waals surface area contributed by atoms with Crippen molar-refractivity contribution >= 4 is 32.7 Å². The van der Waals surface area contributed by atoms with Crippen molar-refractivity contribution in [1.82, 2.24) is 19.7 Å². The molecule has 0 saturated carbocycles. The number of fused-ring (bicyclic) bond motifs is 1. The predicted octanol–water partition coefficient (Wildman–Crippen LogP) is 1.40. The van der Waals surface area contributed by atoms with E-state index in [9.17, 15) is 22.8 Å². The summed E-state index contributed by atoms with van der Waals surface area (Å²) >= 11 is 0. The minimum atomic E-state index is -3.57. The summed E-state index contributed by atoms with van der Waals surface area (Å²) in [4.78, 5) is 37.3. The van der Waals surface area contributed by atoms with Gasteiger partial charge in [0.05, 0.1) is 16.0 Å². The van der Waals surface area contributed by atoms with Crippen molar-refractivity contribution in [3.05, 3.63) is 76.1 Å². The van der Waals surface area contributed by atoms with Gasteiger partial charge < -0.3 is 4.57 Å². The Bertz CT molecular complexity index is 1360. The van der Waals surface area contributed by atoms with Gasteiger partial charge in [-0.3, -0.25) is 25.2 Å². The van der Waals surface area contributed by atoms with Crippen LogP contribution in [0, 0.1) is 0 Å². The predicted molar refractivity (Wildman–Crippen MR) is 119 cm³/mol. The van der Waals surface area contributed by atoms with Crippen LogP contribution in [0.3, 0.4) is 0 Å². The topological polar surface area (TPSA) is 118 Å². The first kappa shape index (κ1) is 21.7. The Morgan fingerprint density at radius 3 is 2.22 bits per heavy atom. The standard InChI is InChI=1S/C22H22N4O5S/c1-25-19-7-3-2-6-17(19)18(14-20(25)27)22(29)24-23-21(28)15-8-10-16(11-9-15)32(30,31)26-12-4-5-13-26/h2-3,6-11,14H,4-5,12-13H2,1H3,(H,23,28)(H,24,29). The Morgan fingerprint density at radius 2 is 1.53 bits per heavy atom. The Hall–Kier alpha value is -3.50. The molecule has 32 heavy (non-hydrogen) atoms. The summed E-state index contributed by atoms with van der Waals surface area (Å²) in [6.07, 6.45) is 1.67. The number of para-hydroxylation sites is 1. The summed E-state index contributed by atoms with van der Waals surface area (Å²) in [5, 5.41) is 0.567. The van der Waals surface area contributed by atoms with Crippen LogP contribution in [-0.2, 0) is 17.1 Å². The number of carbonyl (C=O) groups is 2. The minimum Gasteiger partial charge on any atom is -0.311 e. The maximum atomic E-state index is 12.6. The molecule has 2 heterocycles. The first-order chi connectivity index (χ1) is 15.3. The molecule has 1 saturated heterocycles. The van der Waals surface area contributed by atoms with Crippen LogP contribution in [0.2, 0.25) is 0 Å². The van der Waals surface area contributed by atoms with E-state index in [-0.39, 0.29) is 21.6 Å². The van der Waals surface area contributed by atoms with Crippen LogP contribution in [0.4, 0.5) is 0 Å². The van der Waals surface area contributed by atoms with Gasteiger partial charge in [-0.2, -0.15) is 4.31 Å². The fraction of sp³-hybridized carbons (Fsp3) is 0.227. The zero-order valence-corrected chi connectivity index (χ0v) is 18.2. The molecular formula is C22H22N4O5S. The van der Waals surface area contributed by atoms with Crippen LogP contribution in [-0.4, -0.2) is 42.2 Å². The van der Waals surface area contributed by atoms with E-state index in [2.05, 4.69) is 10.9 Å². The van der Waals surface area contributed by atoms with Gasteiger partial charge in [0.15, 0.2) is 0 Å². The third-order valence-corrected chi connectivity index (χ3v) is 7.42. The molecule has 0 atom stereocenters. The summed E-state index contributed by atoms with van der Waals surface area (Å²) in [6.45, 7) is 0.988. The quantitative estimate of drug-likeness (QED) is 0.578. The maximum Gasteiger partial charge on any atom is 0.270 e. The summed E-state index contributed by atoms with van der Waals surface area (Å²) in [6, 6.07) is 13.7. The average molecular weight is 455 g/mol. The average Bonchev–Trinajstić information content (AvgIpc) is 3.36. The van der Waals surface area contributed by atoms with E-state index in [1.807, 2.05) is 0 Å². The maximum absolute atomic E-state index is 12.6. The summed E-state index contributed by atoms with van der Waals surface area (Å²) < 4.78 is 28.0. The van der Waals surface area contributed by atoms with Gasteiger partial charge in [0.2, 0.25) is 10.0 Å². The van der Waals surface area contributed by atoms with Crippen molar-refractivity contribution in [3.63, 3.8) is 0 Å². The number of aryl methyl sites for hydroxylation is 1. The molecule has 1 fully saturated rings. The van der Waals surface area contributed by atoms with Crippen molar-refractivity contribution < 1.29 is 18.0 Å². The van der Waals surface area contributed by atoms with E-state index in [0.717, 1.165) is 12.8 Å². The molecule has 4 rings (SSSR count). The number of sulfonamides is 1. The third kappa shape index (κ3) is 4.02. The Labute approximate surface area is 184 Å². The molecule has 10 heteroatoms. The lowest BCUT2D eigenvalue weighted by Gasteiger charge is -2.15. The largest absolute Gasteiger partial charge is 0.311 e. The van der Waals surface area contributed by atoms with Gasteiger partial charge in [-0.1, -0.05) is 18.2 Å². The van der Waals surface area contributed by atoms with E-state index in [1.54, 1.807) is 31.3 Å². The van der Waals surface area contributed by atoms with Gasteiger partial charge >= 0.3 is 0 Å². The molecule has 1 aliphatic heterocycles. The molecule has 1 aromatic heterocycles. The highest BCUT2D eigenvalue weighted by molar-refractivity contribution is 7.89. The van der Waals surface area contributed by atoms with Gasteiger partial charge in [-0.05, 0) is 43.2 Å². The van der Waals surface area contributed by atoms with Crippen LogP contribution >= 0.6 is 0 Å². The number of carbonyl (C=O) groups excluding carboxylic acids is 2. The van der Waals surface area contributed by atoms with Gasteiger partial charge in [0.25, 0.3) is 17.4 Å². The van der Waals surface area contributed by atoms with Crippen LogP contribution < -0.4 is 16.4 Å². The Morgan fingerprint density at radius 1 is 0.906 bits per heavy atom. The summed E-state index contributed by atoms with van der Waals surface area (Å²) in [5.74, 6) is -1.25. The van der Waals surface area contributed by atoms with Gasteiger partial charge in [-0.25, -0.2) is 8.42 Å². The molecule has 2 aromatic carbocycles. The normalized spacial score (nSPS) is 14.4. The Balaban J connectivity index is 1.47. The highest BCUT2D eigenvalue weighted by atomic mass is 32.2. The molecule has 0 aliphatic carbocycles. The monoisotopic (exact) mass is 454 g/mol. The van der Waals surface area contributed by atoms with Gasteiger partial charge in [-0.15, -0.1) is 0 Å². The van der Waals surface area contributed by atoms with Crippen LogP contribution in [0.15, 0.2) is 64.3 Å². The molecule has 0 bridgehead atoms. The number of nitrogens with one attached hydrogen (secondary N) is 2. The summed E-state index contributed by atoms with van der Waals surface area (Å²) in [5.41, 5.74) is 5.17. The van der Waals surface area contributed by atoms with E-state index in [4.69, 9.17) is 0 Å². The van der Waals surface area contributed by atoms with Crippen molar-refractivity contribution in [2.75, 3.05) is 13.1 Å². The number of hydrazine groups is 1. The minimum absolute atomic E-state index is 0.117. The van der Waals surface area contributed by atoms with E-state index >= 15 is 0 Å². The van der Waals surface area contributed by atoms with Crippen molar-refractivity contribution in [2.45, 2.75) is 17.7 Å². The number of amides is 2. The molecule has 3 aromatic rings. The van der Waals surface area contributed by atoms with Crippen molar-refractivity contribution in [1.29, 1.82) is 0 Å². The number of nitrogens with zero attached hydrogens (tertiary/aromatic N) is 2. The van der Waals surface area contributed by atoms with Crippen molar-refractivity contribution in [3.8, 4) is 0 Å². The zero-order chi connectivity index (χ0) is 22.9. The third-order valence-electron chi connectivity index (χ3n) is 5.51. The number of benzene rings is 2. The SMILES string of the molecule is Cn1c(=O)cc(C(=O)NNC(=O)c2ccc(S(=O)(=O)N3CCCC3)cc2)c2ccccc21. The van der Waals surface area contributed by atoms with Crippen LogP contribution in [0.25, 0.3) is 10.9 Å². The molecule has 166 valence electrons. The lowest BCUT2D eigenvalue weighted by atomic mass is 10.1. The van der Waals surface area contributed by atoms with Crippen LogP contribution in [0.1, 0.15) is 33.6 Å². The molecular weight excluding hydrogens is 432 g/mol. The van der Waals surface area contributed by atoms with Crippen LogP contribution in [0.5, 0.6) is 0 Å². The lowest BCUT2D eigenvalue weighted by molar-refractivity contribution is 0.0847. The number of pyridine rings is 1. The van der Waals surface area contributed by atoms with E-state index < -0.39 is 21.8 Å². The molecule has 2 amide bonds.